The number of hydrogen-bond acceptors (Lipinski definition) is 3. The average Bonchev–Trinajstić information content (AvgIpc) is 2.25. The fraction of sp³-hybridized carbons (Fsp3) is 0.647. The van der Waals surface area contributed by atoms with Crippen LogP contribution in [-0.2, 0) is 5.60 Å². The van der Waals surface area contributed by atoms with Crippen LogP contribution in [0.3, 0.4) is 0 Å². The first-order valence-corrected chi connectivity index (χ1v) is 7.35. The summed E-state index contributed by atoms with van der Waals surface area (Å²) in [6.07, 6.45) is -4.79. The third kappa shape index (κ3) is 5.30. The maximum atomic E-state index is 13.0. The van der Waals surface area contributed by atoms with Crippen molar-refractivity contribution in [3.8, 4) is 11.5 Å². The highest BCUT2D eigenvalue weighted by Crippen LogP contribution is 2.42. The summed E-state index contributed by atoms with van der Waals surface area (Å²) in [7, 11) is 0. The third-order valence-corrected chi connectivity index (χ3v) is 2.89. The molecule has 3 nitrogen and oxygen atoms in total. The van der Waals surface area contributed by atoms with Gasteiger partial charge in [-0.05, 0) is 66.2 Å². The van der Waals surface area contributed by atoms with E-state index in [-0.39, 0.29) is 11.3 Å². The second kappa shape index (κ2) is 5.89. The van der Waals surface area contributed by atoms with Crippen LogP contribution in [0.15, 0.2) is 18.2 Å². The molecule has 0 heterocycles. The highest BCUT2D eigenvalue weighted by Gasteiger charge is 2.51. The minimum atomic E-state index is -4.79. The van der Waals surface area contributed by atoms with E-state index in [2.05, 4.69) is 0 Å². The van der Waals surface area contributed by atoms with E-state index in [1.54, 1.807) is 20.8 Å². The highest BCUT2D eigenvalue weighted by atomic mass is 19.4. The summed E-state index contributed by atoms with van der Waals surface area (Å²) in [5.41, 5.74) is -4.43. The number of rotatable bonds is 3. The topological polar surface area (TPSA) is 38.7 Å². The van der Waals surface area contributed by atoms with Crippen LogP contribution >= 0.6 is 0 Å². The van der Waals surface area contributed by atoms with Gasteiger partial charge >= 0.3 is 6.18 Å². The van der Waals surface area contributed by atoms with E-state index in [1.807, 2.05) is 20.8 Å². The second-order valence-corrected chi connectivity index (χ2v) is 7.66. The molecule has 0 spiro atoms. The van der Waals surface area contributed by atoms with Gasteiger partial charge in [0.25, 0.3) is 0 Å². The average molecular weight is 334 g/mol. The summed E-state index contributed by atoms with van der Waals surface area (Å²) in [5, 5.41) is 9.85. The Hall–Kier alpha value is -1.43. The molecule has 1 unspecified atom stereocenters. The zero-order chi connectivity index (χ0) is 18.3. The third-order valence-electron chi connectivity index (χ3n) is 2.89. The summed E-state index contributed by atoms with van der Waals surface area (Å²) in [6, 6.07) is 3.77. The molecular weight excluding hydrogens is 309 g/mol. The Morgan fingerprint density at radius 3 is 1.61 bits per heavy atom. The lowest BCUT2D eigenvalue weighted by molar-refractivity contribution is -0.258. The Kier molecular flexibility index (Phi) is 5.02. The molecule has 132 valence electrons. The minimum Gasteiger partial charge on any atom is -0.484 e. The number of aliphatic hydroxyl groups is 1. The van der Waals surface area contributed by atoms with Crippen molar-refractivity contribution in [1.82, 2.24) is 0 Å². The van der Waals surface area contributed by atoms with Crippen molar-refractivity contribution in [1.29, 1.82) is 0 Å². The van der Waals surface area contributed by atoms with E-state index in [1.165, 1.54) is 18.2 Å². The van der Waals surface area contributed by atoms with Gasteiger partial charge in [-0.3, -0.25) is 0 Å². The van der Waals surface area contributed by atoms with E-state index >= 15 is 0 Å². The Bertz CT molecular complexity index is 550. The monoisotopic (exact) mass is 334 g/mol. The molecule has 0 bridgehead atoms. The number of alkyl halides is 3. The van der Waals surface area contributed by atoms with Crippen molar-refractivity contribution in [3.63, 3.8) is 0 Å². The van der Waals surface area contributed by atoms with Crippen LogP contribution in [0.2, 0.25) is 0 Å². The molecule has 1 N–H and O–H groups in total. The molecule has 6 heteroatoms. The summed E-state index contributed by atoms with van der Waals surface area (Å²) >= 11 is 0. The summed E-state index contributed by atoms with van der Waals surface area (Å²) < 4.78 is 50.6. The Labute approximate surface area is 135 Å². The number of benzene rings is 1. The van der Waals surface area contributed by atoms with Gasteiger partial charge in [-0.25, -0.2) is 0 Å². The molecule has 1 aromatic carbocycles. The summed E-state index contributed by atoms with van der Waals surface area (Å²) in [4.78, 5) is 0. The summed E-state index contributed by atoms with van der Waals surface area (Å²) in [6.45, 7) is 11.5. The second-order valence-electron chi connectivity index (χ2n) is 7.66. The molecule has 0 aliphatic carbocycles. The maximum absolute atomic E-state index is 13.0. The Morgan fingerprint density at radius 1 is 0.783 bits per heavy atom. The van der Waals surface area contributed by atoms with Crippen LogP contribution in [0.1, 0.15) is 54.0 Å². The first kappa shape index (κ1) is 19.6. The predicted octanol–water partition coefficient (Wildman–Crippen LogP) is 4.81. The van der Waals surface area contributed by atoms with Crippen molar-refractivity contribution >= 4 is 0 Å². The zero-order valence-electron chi connectivity index (χ0n) is 14.6. The largest absolute Gasteiger partial charge is 0.484 e. The molecule has 0 saturated heterocycles. The smallest absolute Gasteiger partial charge is 0.421 e. The molecule has 1 atom stereocenters. The van der Waals surface area contributed by atoms with E-state index in [0.29, 0.717) is 12.7 Å². The number of ether oxygens (including phenoxy) is 2. The number of hydrogen-bond donors (Lipinski definition) is 1. The van der Waals surface area contributed by atoms with Crippen molar-refractivity contribution < 1.29 is 27.8 Å². The number of halogens is 3. The van der Waals surface area contributed by atoms with Crippen molar-refractivity contribution in [2.75, 3.05) is 0 Å². The summed E-state index contributed by atoms with van der Waals surface area (Å²) in [5.74, 6) is 0.489. The van der Waals surface area contributed by atoms with Gasteiger partial charge in [-0.15, -0.1) is 0 Å². The molecule has 0 aliphatic heterocycles. The van der Waals surface area contributed by atoms with Gasteiger partial charge in [-0.2, -0.15) is 13.2 Å². The SMILES string of the molecule is CC(C)(C)Oc1ccc(C(C)(O)C(F)(F)F)cc1OC(C)(C)C. The predicted molar refractivity (Wildman–Crippen MR) is 82.8 cm³/mol. The molecule has 1 aromatic rings. The highest BCUT2D eigenvalue weighted by molar-refractivity contribution is 5.45. The Balaban J connectivity index is 3.38. The molecule has 0 aliphatic rings. The van der Waals surface area contributed by atoms with E-state index in [0.717, 1.165) is 0 Å². The van der Waals surface area contributed by atoms with Crippen LogP contribution < -0.4 is 9.47 Å². The van der Waals surface area contributed by atoms with Crippen molar-refractivity contribution in [2.45, 2.75) is 71.4 Å². The lowest BCUT2D eigenvalue weighted by Crippen LogP contribution is -2.39. The minimum absolute atomic E-state index is 0.162. The molecule has 0 fully saturated rings. The maximum Gasteiger partial charge on any atom is 0.421 e. The van der Waals surface area contributed by atoms with Gasteiger partial charge < -0.3 is 14.6 Å². The van der Waals surface area contributed by atoms with Crippen molar-refractivity contribution in [2.24, 2.45) is 0 Å². The lowest BCUT2D eigenvalue weighted by Gasteiger charge is -2.30. The van der Waals surface area contributed by atoms with Crippen LogP contribution in [0.4, 0.5) is 13.2 Å². The molecule has 0 radical (unpaired) electrons. The van der Waals surface area contributed by atoms with Gasteiger partial charge in [0.15, 0.2) is 17.1 Å². The first-order valence-electron chi connectivity index (χ1n) is 7.35. The molecule has 0 amide bonds. The first-order chi connectivity index (χ1) is 10.0. The van der Waals surface area contributed by atoms with Gasteiger partial charge in [0, 0.05) is 0 Å². The van der Waals surface area contributed by atoms with E-state index in [4.69, 9.17) is 9.47 Å². The molecule has 0 saturated carbocycles. The lowest BCUT2D eigenvalue weighted by atomic mass is 9.95. The van der Waals surface area contributed by atoms with Gasteiger partial charge in [-0.1, -0.05) is 6.07 Å². The van der Waals surface area contributed by atoms with Gasteiger partial charge in [0.05, 0.1) is 0 Å². The molecule has 0 aromatic heterocycles. The van der Waals surface area contributed by atoms with Gasteiger partial charge in [0.2, 0.25) is 0 Å². The van der Waals surface area contributed by atoms with Crippen LogP contribution in [0.5, 0.6) is 11.5 Å². The fourth-order valence-electron chi connectivity index (χ4n) is 1.80. The quantitative estimate of drug-likeness (QED) is 0.862. The molecular formula is C17H25F3O3. The van der Waals surface area contributed by atoms with E-state index < -0.39 is 23.0 Å². The van der Waals surface area contributed by atoms with Crippen molar-refractivity contribution in [3.05, 3.63) is 23.8 Å². The normalized spacial score (nSPS) is 16.0. The molecule has 23 heavy (non-hydrogen) atoms. The van der Waals surface area contributed by atoms with Crippen LogP contribution in [0, 0.1) is 0 Å². The standard InChI is InChI=1S/C17H25F3O3/c1-14(2,3)22-12-9-8-11(16(7,21)17(18,19)20)10-13(12)23-15(4,5)6/h8-10,21H,1-7H3. The van der Waals surface area contributed by atoms with Crippen LogP contribution in [0.25, 0.3) is 0 Å². The Morgan fingerprint density at radius 2 is 1.22 bits per heavy atom. The zero-order valence-corrected chi connectivity index (χ0v) is 14.6. The van der Waals surface area contributed by atoms with Crippen LogP contribution in [-0.4, -0.2) is 22.5 Å². The molecule has 1 rings (SSSR count). The fourth-order valence-corrected chi connectivity index (χ4v) is 1.80. The van der Waals surface area contributed by atoms with E-state index in [9.17, 15) is 18.3 Å². The van der Waals surface area contributed by atoms with Gasteiger partial charge in [0.1, 0.15) is 11.2 Å².